The van der Waals surface area contributed by atoms with Crippen LogP contribution in [0.1, 0.15) is 13.8 Å². The number of carbonyl (C=O) groups is 1. The first-order valence-electron chi connectivity index (χ1n) is 3.22. The molecule has 0 bridgehead atoms. The van der Waals surface area contributed by atoms with Gasteiger partial charge in [-0.3, -0.25) is 4.79 Å². The normalized spacial score (nSPS) is 8.25. The largest absolute Gasteiger partial charge is 0.466 e. The highest BCUT2D eigenvalue weighted by Crippen LogP contribution is 1.84. The van der Waals surface area contributed by atoms with Crippen molar-refractivity contribution in [1.29, 1.82) is 0 Å². The SMILES string of the molecule is CCOC(C)=O.Sc1nnn[nH]1. The van der Waals surface area contributed by atoms with E-state index >= 15 is 0 Å². The van der Waals surface area contributed by atoms with E-state index in [2.05, 4.69) is 38.0 Å². The average Bonchev–Trinajstić information content (AvgIpc) is 2.40. The third kappa shape index (κ3) is 7.00. The second-order valence-corrected chi connectivity index (χ2v) is 2.07. The standard InChI is InChI=1S/C4H8O2.CH2N4S/c1-3-6-4(2)5;6-1-2-4-5-3-1/h3H2,1-2H3;(H2,2,3,4,5,6). The Morgan fingerprint density at radius 3 is 2.50 bits per heavy atom. The lowest BCUT2D eigenvalue weighted by Gasteiger charge is -1.89. The summed E-state index contributed by atoms with van der Waals surface area (Å²) in [5.41, 5.74) is 0. The van der Waals surface area contributed by atoms with Crippen molar-refractivity contribution in [3.63, 3.8) is 0 Å². The monoisotopic (exact) mass is 190 g/mol. The molecule has 68 valence electrons. The molecule has 0 radical (unpaired) electrons. The van der Waals surface area contributed by atoms with Crippen LogP contribution < -0.4 is 0 Å². The highest BCUT2D eigenvalue weighted by Gasteiger charge is 1.81. The summed E-state index contributed by atoms with van der Waals surface area (Å²) in [4.78, 5) is 9.82. The number of ether oxygens (including phenoxy) is 1. The molecule has 7 heteroatoms. The van der Waals surface area contributed by atoms with Crippen LogP contribution in [0.2, 0.25) is 0 Å². The van der Waals surface area contributed by atoms with E-state index in [1.54, 1.807) is 6.92 Å². The molecule has 0 aliphatic carbocycles. The Labute approximate surface area is 75.1 Å². The summed E-state index contributed by atoms with van der Waals surface area (Å²) in [7, 11) is 0. The minimum atomic E-state index is -0.211. The molecule has 1 rings (SSSR count). The van der Waals surface area contributed by atoms with Crippen LogP contribution in [0.5, 0.6) is 0 Å². The van der Waals surface area contributed by atoms with Crippen molar-refractivity contribution < 1.29 is 9.53 Å². The zero-order valence-corrected chi connectivity index (χ0v) is 7.71. The van der Waals surface area contributed by atoms with Crippen molar-refractivity contribution in [1.82, 2.24) is 20.6 Å². The lowest BCUT2D eigenvalue weighted by atomic mass is 10.8. The Hall–Kier alpha value is -1.11. The lowest BCUT2D eigenvalue weighted by molar-refractivity contribution is -0.140. The molecule has 1 heterocycles. The summed E-state index contributed by atoms with van der Waals surface area (Å²) in [6, 6.07) is 0. The first kappa shape index (κ1) is 10.9. The van der Waals surface area contributed by atoms with Gasteiger partial charge in [-0.05, 0) is 17.4 Å². The molecule has 12 heavy (non-hydrogen) atoms. The highest BCUT2D eigenvalue weighted by molar-refractivity contribution is 7.80. The number of aromatic amines is 1. The summed E-state index contributed by atoms with van der Waals surface area (Å²) >= 11 is 3.74. The average molecular weight is 190 g/mol. The number of H-pyrrole nitrogens is 1. The molecule has 0 fully saturated rings. The van der Waals surface area contributed by atoms with Crippen LogP contribution >= 0.6 is 12.6 Å². The Bertz CT molecular complexity index is 213. The number of carbonyl (C=O) groups excluding carboxylic acids is 1. The predicted octanol–water partition coefficient (Wildman–Crippen LogP) is 0.0578. The van der Waals surface area contributed by atoms with Crippen LogP contribution in [0.25, 0.3) is 0 Å². The zero-order valence-electron chi connectivity index (χ0n) is 6.81. The Balaban J connectivity index is 0.000000202. The Kier molecular flexibility index (Phi) is 5.98. The van der Waals surface area contributed by atoms with Crippen molar-refractivity contribution >= 4 is 18.6 Å². The van der Waals surface area contributed by atoms with Gasteiger partial charge in [-0.1, -0.05) is 0 Å². The van der Waals surface area contributed by atoms with E-state index in [1.807, 2.05) is 0 Å². The van der Waals surface area contributed by atoms with E-state index in [0.29, 0.717) is 11.8 Å². The van der Waals surface area contributed by atoms with Crippen LogP contribution in [0.4, 0.5) is 0 Å². The Morgan fingerprint density at radius 1 is 1.75 bits per heavy atom. The van der Waals surface area contributed by atoms with E-state index < -0.39 is 0 Å². The van der Waals surface area contributed by atoms with E-state index in [4.69, 9.17) is 0 Å². The van der Waals surface area contributed by atoms with Gasteiger partial charge in [0, 0.05) is 6.92 Å². The van der Waals surface area contributed by atoms with Gasteiger partial charge in [-0.25, -0.2) is 5.10 Å². The van der Waals surface area contributed by atoms with Gasteiger partial charge in [0.1, 0.15) is 0 Å². The number of aromatic nitrogens is 4. The van der Waals surface area contributed by atoms with Crippen LogP contribution in [0, 0.1) is 0 Å². The maximum atomic E-state index is 9.82. The number of rotatable bonds is 1. The van der Waals surface area contributed by atoms with Gasteiger partial charge in [0.15, 0.2) is 0 Å². The minimum Gasteiger partial charge on any atom is -0.466 e. The second kappa shape index (κ2) is 6.59. The van der Waals surface area contributed by atoms with Gasteiger partial charge < -0.3 is 4.74 Å². The van der Waals surface area contributed by atoms with Gasteiger partial charge in [0.2, 0.25) is 5.16 Å². The van der Waals surface area contributed by atoms with Crippen molar-refractivity contribution in [2.75, 3.05) is 6.61 Å². The Morgan fingerprint density at radius 2 is 2.42 bits per heavy atom. The molecule has 0 spiro atoms. The molecule has 0 saturated carbocycles. The van der Waals surface area contributed by atoms with Gasteiger partial charge in [-0.15, -0.1) is 17.7 Å². The zero-order chi connectivity index (χ0) is 9.40. The highest BCUT2D eigenvalue weighted by atomic mass is 32.1. The maximum absolute atomic E-state index is 9.82. The molecule has 0 aliphatic rings. The number of nitrogens with one attached hydrogen (secondary N) is 1. The minimum absolute atomic E-state index is 0.211. The first-order valence-corrected chi connectivity index (χ1v) is 3.67. The molecule has 1 aromatic rings. The summed E-state index contributed by atoms with van der Waals surface area (Å²) in [5.74, 6) is -0.211. The quantitative estimate of drug-likeness (QED) is 0.483. The summed E-state index contributed by atoms with van der Waals surface area (Å²) in [6.45, 7) is 3.65. The van der Waals surface area contributed by atoms with E-state index in [-0.39, 0.29) is 5.97 Å². The summed E-state index contributed by atoms with van der Waals surface area (Å²) < 4.78 is 4.40. The number of esters is 1. The molecule has 0 unspecified atom stereocenters. The molecule has 6 nitrogen and oxygen atoms in total. The van der Waals surface area contributed by atoms with E-state index in [9.17, 15) is 4.79 Å². The van der Waals surface area contributed by atoms with Crippen molar-refractivity contribution in [3.05, 3.63) is 0 Å². The number of nitrogens with zero attached hydrogens (tertiary/aromatic N) is 3. The van der Waals surface area contributed by atoms with Gasteiger partial charge in [-0.2, -0.15) is 0 Å². The van der Waals surface area contributed by atoms with Gasteiger partial charge >= 0.3 is 5.97 Å². The third-order valence-electron chi connectivity index (χ3n) is 0.682. The van der Waals surface area contributed by atoms with Gasteiger partial charge in [0.05, 0.1) is 6.61 Å². The van der Waals surface area contributed by atoms with E-state index in [1.165, 1.54) is 6.92 Å². The van der Waals surface area contributed by atoms with Gasteiger partial charge in [0.25, 0.3) is 0 Å². The van der Waals surface area contributed by atoms with Crippen molar-refractivity contribution in [2.24, 2.45) is 0 Å². The molecule has 0 atom stereocenters. The molecule has 1 aromatic heterocycles. The van der Waals surface area contributed by atoms with Crippen LogP contribution in [0.15, 0.2) is 5.16 Å². The molecule has 0 amide bonds. The molecular formula is C5H10N4O2S. The fraction of sp³-hybridized carbons (Fsp3) is 0.600. The van der Waals surface area contributed by atoms with Crippen LogP contribution in [-0.4, -0.2) is 33.2 Å². The third-order valence-corrected chi connectivity index (χ3v) is 0.871. The molecular weight excluding hydrogens is 180 g/mol. The lowest BCUT2D eigenvalue weighted by Crippen LogP contribution is -1.95. The second-order valence-electron chi connectivity index (χ2n) is 1.65. The molecule has 0 saturated heterocycles. The summed E-state index contributed by atoms with van der Waals surface area (Å²) in [5, 5.41) is 12.6. The predicted molar refractivity (Wildman–Crippen MR) is 43.7 cm³/mol. The molecule has 0 aromatic carbocycles. The maximum Gasteiger partial charge on any atom is 0.302 e. The number of hydrogen-bond acceptors (Lipinski definition) is 6. The smallest absolute Gasteiger partial charge is 0.302 e. The fourth-order valence-corrected chi connectivity index (χ4v) is 0.442. The molecule has 1 N–H and O–H groups in total. The summed E-state index contributed by atoms with van der Waals surface area (Å²) in [6.07, 6.45) is 0. The van der Waals surface area contributed by atoms with Crippen LogP contribution in [-0.2, 0) is 9.53 Å². The number of hydrogen-bond donors (Lipinski definition) is 2. The van der Waals surface area contributed by atoms with Crippen molar-refractivity contribution in [3.8, 4) is 0 Å². The van der Waals surface area contributed by atoms with Crippen molar-refractivity contribution in [2.45, 2.75) is 19.0 Å². The molecule has 0 aliphatic heterocycles. The number of thiol groups is 1. The fourth-order valence-electron chi connectivity index (χ4n) is 0.357. The number of tetrazole rings is 1. The topological polar surface area (TPSA) is 80.8 Å². The van der Waals surface area contributed by atoms with E-state index in [0.717, 1.165) is 0 Å². The van der Waals surface area contributed by atoms with Crippen LogP contribution in [0.3, 0.4) is 0 Å². The first-order chi connectivity index (χ1) is 5.66.